The third-order valence-corrected chi connectivity index (χ3v) is 17.2. The minimum absolute atomic E-state index is 0.453. The monoisotopic (exact) mass is 773 g/mol. The molecular formula is C56H43N3O. The SMILES string of the molecule is N#Cc1cc2c(c3c1C1CC4CC(C1)CC3C4)c1cc(-c3c(-c4ccccc4)ccc4oc5ccccc5c34)cc3c4c5c(c(C#N)cc4n2c13)C1CC2CC(C1)CC5C2. The Morgan fingerprint density at radius 3 is 1.53 bits per heavy atom. The average Bonchev–Trinajstić information content (AvgIpc) is 3.83. The number of aromatic nitrogens is 1. The first-order valence-electron chi connectivity index (χ1n) is 22.8. The van der Waals surface area contributed by atoms with Crippen LogP contribution in [0.3, 0.4) is 0 Å². The van der Waals surface area contributed by atoms with Crippen LogP contribution in [0.2, 0.25) is 0 Å². The molecular weight excluding hydrogens is 731 g/mol. The van der Waals surface area contributed by atoms with Gasteiger partial charge < -0.3 is 8.82 Å². The number of hydrogen-bond donors (Lipinski definition) is 0. The zero-order valence-electron chi connectivity index (χ0n) is 33.6. The van der Waals surface area contributed by atoms with Crippen LogP contribution in [-0.2, 0) is 0 Å². The van der Waals surface area contributed by atoms with Crippen LogP contribution in [0.5, 0.6) is 0 Å². The fraction of sp³-hybridized carbons (Fsp3) is 0.321. The Balaban J connectivity index is 1.17. The molecule has 6 aromatic carbocycles. The van der Waals surface area contributed by atoms with Crippen molar-refractivity contribution < 1.29 is 4.42 Å². The molecule has 0 spiro atoms. The van der Waals surface area contributed by atoms with Gasteiger partial charge in [0.1, 0.15) is 11.2 Å². The predicted octanol–water partition coefficient (Wildman–Crippen LogP) is 14.6. The molecule has 3 heterocycles. The molecule has 0 aliphatic heterocycles. The van der Waals surface area contributed by atoms with Gasteiger partial charge in [0, 0.05) is 37.9 Å². The Labute approximate surface area is 348 Å². The molecule has 4 nitrogen and oxygen atoms in total. The molecule has 4 atom stereocenters. The topological polar surface area (TPSA) is 65.1 Å². The molecule has 4 unspecified atom stereocenters. The lowest BCUT2D eigenvalue weighted by Gasteiger charge is -2.38. The first kappa shape index (κ1) is 32.7. The van der Waals surface area contributed by atoms with Crippen molar-refractivity contribution >= 4 is 60.0 Å². The lowest BCUT2D eigenvalue weighted by atomic mass is 9.67. The highest BCUT2D eigenvalue weighted by atomic mass is 16.3. The van der Waals surface area contributed by atoms with Crippen molar-refractivity contribution in [3.63, 3.8) is 0 Å². The van der Waals surface area contributed by atoms with Crippen LogP contribution in [0.15, 0.2) is 95.4 Å². The van der Waals surface area contributed by atoms with Crippen LogP contribution >= 0.6 is 0 Å². The Morgan fingerprint density at radius 1 is 0.467 bits per heavy atom. The maximum atomic E-state index is 11.1. The molecule has 8 aliphatic carbocycles. The van der Waals surface area contributed by atoms with E-state index in [4.69, 9.17) is 4.42 Å². The van der Waals surface area contributed by atoms with E-state index in [1.807, 2.05) is 0 Å². The van der Waals surface area contributed by atoms with E-state index in [-0.39, 0.29) is 0 Å². The van der Waals surface area contributed by atoms with Crippen molar-refractivity contribution in [1.82, 2.24) is 4.40 Å². The van der Waals surface area contributed by atoms with E-state index < -0.39 is 0 Å². The maximum Gasteiger partial charge on any atom is 0.136 e. The zero-order valence-corrected chi connectivity index (χ0v) is 33.6. The standard InChI is InChI=1S/C56H43N3O/c57-26-38-24-44-53(51-35-18-28-12-29(19-35)15-33(14-28)48(38)51)42-22-37(50-40(32-6-2-1-3-7-32)10-11-47-55(50)41-8-4-5-9-46(41)60-47)23-43-54-45(59(44)56(42)43)25-39(27-58)49-34-16-30-13-31(17-34)21-36(20-30)52(49)54/h1-11,22-25,28-31,33-36H,12-21H2. The Bertz CT molecular complexity index is 3300. The minimum Gasteiger partial charge on any atom is -0.456 e. The molecule has 4 saturated carbocycles. The Hall–Kier alpha value is -6.10. The van der Waals surface area contributed by atoms with Crippen LogP contribution in [0, 0.1) is 46.3 Å². The fourth-order valence-corrected chi connectivity index (χ4v) is 15.6. The summed E-state index contributed by atoms with van der Waals surface area (Å²) < 4.78 is 9.20. The van der Waals surface area contributed by atoms with E-state index in [9.17, 15) is 10.5 Å². The van der Waals surface area contributed by atoms with Crippen LogP contribution in [0.1, 0.15) is 121 Å². The molecule has 4 fully saturated rings. The van der Waals surface area contributed by atoms with E-state index in [0.717, 1.165) is 67.8 Å². The van der Waals surface area contributed by atoms with Crippen LogP contribution < -0.4 is 0 Å². The van der Waals surface area contributed by atoms with Gasteiger partial charge in [-0.15, -0.1) is 0 Å². The molecule has 0 N–H and O–H groups in total. The number of benzene rings is 6. The predicted molar refractivity (Wildman–Crippen MR) is 240 cm³/mol. The summed E-state index contributed by atoms with van der Waals surface area (Å²) in [7, 11) is 0. The van der Waals surface area contributed by atoms with E-state index in [1.165, 1.54) is 136 Å². The van der Waals surface area contributed by atoms with Gasteiger partial charge in [-0.25, -0.2) is 0 Å². The summed E-state index contributed by atoms with van der Waals surface area (Å²) in [5.41, 5.74) is 17.7. The van der Waals surface area contributed by atoms with Gasteiger partial charge in [-0.1, -0.05) is 54.6 Å². The molecule has 0 radical (unpaired) electrons. The minimum atomic E-state index is 0.453. The summed E-state index contributed by atoms with van der Waals surface area (Å²) in [6.45, 7) is 0. The van der Waals surface area contributed by atoms with E-state index in [2.05, 4.69) is 108 Å². The fourth-order valence-electron chi connectivity index (χ4n) is 15.6. The second kappa shape index (κ2) is 11.4. The van der Waals surface area contributed by atoms with Crippen molar-refractivity contribution in [2.45, 2.75) is 87.9 Å². The summed E-state index contributed by atoms with van der Waals surface area (Å²) >= 11 is 0. The molecule has 9 aromatic rings. The summed E-state index contributed by atoms with van der Waals surface area (Å²) in [6, 6.07) is 39.1. The number of nitriles is 2. The second-order valence-corrected chi connectivity index (χ2v) is 20.2. The van der Waals surface area contributed by atoms with E-state index >= 15 is 0 Å². The lowest BCUT2D eigenvalue weighted by molar-refractivity contribution is 0.166. The quantitative estimate of drug-likeness (QED) is 0.176. The van der Waals surface area contributed by atoms with Crippen molar-refractivity contribution in [3.8, 4) is 34.4 Å². The van der Waals surface area contributed by atoms with Crippen LogP contribution in [-0.4, -0.2) is 4.40 Å². The van der Waals surface area contributed by atoms with Crippen LogP contribution in [0.4, 0.5) is 0 Å². The normalized spacial score (nSPS) is 27.3. The highest BCUT2D eigenvalue weighted by Gasteiger charge is 2.47. The molecule has 8 bridgehead atoms. The lowest BCUT2D eigenvalue weighted by Crippen LogP contribution is -2.25. The average molecular weight is 774 g/mol. The van der Waals surface area contributed by atoms with Gasteiger partial charge in [-0.2, -0.15) is 10.5 Å². The van der Waals surface area contributed by atoms with Gasteiger partial charge in [0.15, 0.2) is 0 Å². The van der Waals surface area contributed by atoms with Gasteiger partial charge in [0.2, 0.25) is 0 Å². The molecule has 4 heteroatoms. The third-order valence-electron chi connectivity index (χ3n) is 17.2. The van der Waals surface area contributed by atoms with Crippen molar-refractivity contribution in [2.75, 3.05) is 0 Å². The van der Waals surface area contributed by atoms with Crippen molar-refractivity contribution in [1.29, 1.82) is 10.5 Å². The van der Waals surface area contributed by atoms with Gasteiger partial charge in [-0.3, -0.25) is 0 Å². The number of nitrogens with zero attached hydrogens (tertiary/aromatic N) is 3. The van der Waals surface area contributed by atoms with Crippen molar-refractivity contribution in [3.05, 3.63) is 124 Å². The number of rotatable bonds is 2. The van der Waals surface area contributed by atoms with Gasteiger partial charge >= 0.3 is 0 Å². The Kier molecular flexibility index (Phi) is 6.20. The molecule has 17 rings (SSSR count). The third kappa shape index (κ3) is 4.06. The summed E-state index contributed by atoms with van der Waals surface area (Å²) in [6.07, 6.45) is 12.5. The molecule has 8 aliphatic rings. The highest BCUT2D eigenvalue weighted by molar-refractivity contribution is 6.28. The highest BCUT2D eigenvalue weighted by Crippen LogP contribution is 2.62. The van der Waals surface area contributed by atoms with E-state index in [1.54, 1.807) is 0 Å². The summed E-state index contributed by atoms with van der Waals surface area (Å²) in [4.78, 5) is 0. The number of furan rings is 1. The maximum absolute atomic E-state index is 11.1. The molecule has 0 amide bonds. The number of fused-ring (bicyclic) bond motifs is 9. The number of hydrogen-bond acceptors (Lipinski definition) is 3. The largest absolute Gasteiger partial charge is 0.456 e. The first-order chi connectivity index (χ1) is 29.6. The second-order valence-electron chi connectivity index (χ2n) is 20.2. The molecule has 0 saturated heterocycles. The van der Waals surface area contributed by atoms with Gasteiger partial charge in [0.25, 0.3) is 0 Å². The first-order valence-corrected chi connectivity index (χ1v) is 22.8. The summed E-state index contributed by atoms with van der Waals surface area (Å²) in [5, 5.41) is 29.8. The van der Waals surface area contributed by atoms with E-state index in [0.29, 0.717) is 23.7 Å². The Morgan fingerprint density at radius 2 is 0.983 bits per heavy atom. The molecule has 288 valence electrons. The molecule has 3 aromatic heterocycles. The zero-order chi connectivity index (χ0) is 39.1. The smallest absolute Gasteiger partial charge is 0.136 e. The molecule has 60 heavy (non-hydrogen) atoms. The summed E-state index contributed by atoms with van der Waals surface area (Å²) in [5.74, 6) is 4.81. The van der Waals surface area contributed by atoms with Crippen LogP contribution in [0.25, 0.3) is 82.3 Å². The van der Waals surface area contributed by atoms with Gasteiger partial charge in [0.05, 0.1) is 39.8 Å². The number of para-hydroxylation sites is 1. The van der Waals surface area contributed by atoms with Crippen molar-refractivity contribution in [2.24, 2.45) is 23.7 Å². The van der Waals surface area contributed by atoms with Gasteiger partial charge in [-0.05, 0) is 187 Å².